The van der Waals surface area contributed by atoms with Crippen LogP contribution in [0.3, 0.4) is 0 Å². The van der Waals surface area contributed by atoms with Crippen molar-refractivity contribution in [3.63, 3.8) is 0 Å². The van der Waals surface area contributed by atoms with Crippen LogP contribution in [0.4, 0.5) is 0 Å². The first kappa shape index (κ1) is 11.3. The Balaban J connectivity index is 1.93. The third-order valence-corrected chi connectivity index (χ3v) is 3.69. The van der Waals surface area contributed by atoms with Crippen LogP contribution in [0.25, 0.3) is 0 Å². The maximum atomic E-state index is 9.18. The minimum Gasteiger partial charge on any atom is -0.508 e. The second kappa shape index (κ2) is 4.77. The molecule has 2 heteroatoms. The van der Waals surface area contributed by atoms with Crippen molar-refractivity contribution >= 4 is 0 Å². The minimum absolute atomic E-state index is 0.290. The number of hydrogen-bond donors (Lipinski definition) is 1. The molecule has 0 spiro atoms. The van der Waals surface area contributed by atoms with Crippen LogP contribution in [-0.2, 0) is 0 Å². The van der Waals surface area contributed by atoms with Crippen LogP contribution < -0.4 is 4.74 Å². The molecule has 1 N–H and O–H groups in total. The van der Waals surface area contributed by atoms with E-state index in [1.54, 1.807) is 12.1 Å². The van der Waals surface area contributed by atoms with Crippen LogP contribution in [0.2, 0.25) is 0 Å². The van der Waals surface area contributed by atoms with Gasteiger partial charge < -0.3 is 9.84 Å². The molecular weight excluding hydrogens is 200 g/mol. The van der Waals surface area contributed by atoms with Crippen molar-refractivity contribution in [3.8, 4) is 11.5 Å². The van der Waals surface area contributed by atoms with Gasteiger partial charge in [0.15, 0.2) is 0 Å². The van der Waals surface area contributed by atoms with Gasteiger partial charge in [-0.1, -0.05) is 13.8 Å². The summed E-state index contributed by atoms with van der Waals surface area (Å²) in [6, 6.07) is 7.00. The topological polar surface area (TPSA) is 29.5 Å². The van der Waals surface area contributed by atoms with Gasteiger partial charge in [-0.25, -0.2) is 0 Å². The summed E-state index contributed by atoms with van der Waals surface area (Å²) in [6.45, 7) is 4.62. The van der Waals surface area contributed by atoms with E-state index in [-0.39, 0.29) is 5.75 Å². The zero-order valence-corrected chi connectivity index (χ0v) is 10.0. The largest absolute Gasteiger partial charge is 0.508 e. The first-order valence-corrected chi connectivity index (χ1v) is 6.11. The number of ether oxygens (including phenoxy) is 1. The highest BCUT2D eigenvalue weighted by molar-refractivity contribution is 5.30. The number of aromatic hydroxyl groups is 1. The predicted molar refractivity (Wildman–Crippen MR) is 64.7 cm³/mol. The van der Waals surface area contributed by atoms with Crippen LogP contribution >= 0.6 is 0 Å². The molecule has 0 heterocycles. The molecular formula is C14H20O2. The van der Waals surface area contributed by atoms with Gasteiger partial charge in [-0.3, -0.25) is 0 Å². The number of phenols is 1. The van der Waals surface area contributed by atoms with Crippen molar-refractivity contribution in [2.45, 2.75) is 39.2 Å². The van der Waals surface area contributed by atoms with Gasteiger partial charge in [0.25, 0.3) is 0 Å². The van der Waals surface area contributed by atoms with Crippen molar-refractivity contribution in [2.24, 2.45) is 11.8 Å². The normalized spacial score (nSPS) is 30.0. The Bertz CT molecular complexity index is 331. The highest BCUT2D eigenvalue weighted by Gasteiger charge is 2.25. The van der Waals surface area contributed by atoms with E-state index in [2.05, 4.69) is 13.8 Å². The Kier molecular flexibility index (Phi) is 3.37. The lowest BCUT2D eigenvalue weighted by Gasteiger charge is -2.32. The standard InChI is InChI=1S/C14H20O2/c1-10-3-6-14(9-11(10)2)16-13-7-4-12(15)5-8-13/h4-5,7-8,10-11,14-15H,3,6,9H2,1-2H3. The Hall–Kier alpha value is -1.18. The lowest BCUT2D eigenvalue weighted by Crippen LogP contribution is -2.28. The molecule has 1 aliphatic carbocycles. The molecule has 0 amide bonds. The fourth-order valence-corrected chi connectivity index (χ4v) is 2.32. The summed E-state index contributed by atoms with van der Waals surface area (Å²) >= 11 is 0. The molecule has 0 radical (unpaired) electrons. The fourth-order valence-electron chi connectivity index (χ4n) is 2.32. The van der Waals surface area contributed by atoms with Gasteiger partial charge in [0.05, 0.1) is 6.10 Å². The second-order valence-electron chi connectivity index (χ2n) is 5.00. The second-order valence-corrected chi connectivity index (χ2v) is 5.00. The van der Waals surface area contributed by atoms with Crippen LogP contribution in [0, 0.1) is 11.8 Å². The highest BCUT2D eigenvalue weighted by atomic mass is 16.5. The molecule has 1 aromatic carbocycles. The van der Waals surface area contributed by atoms with Gasteiger partial charge in [-0.05, 0) is 55.4 Å². The molecule has 88 valence electrons. The summed E-state index contributed by atoms with van der Waals surface area (Å²) in [6.07, 6.45) is 3.88. The molecule has 3 unspecified atom stereocenters. The zero-order chi connectivity index (χ0) is 11.5. The lowest BCUT2D eigenvalue weighted by molar-refractivity contribution is 0.101. The summed E-state index contributed by atoms with van der Waals surface area (Å²) in [7, 11) is 0. The zero-order valence-electron chi connectivity index (χ0n) is 10.0. The Morgan fingerprint density at radius 2 is 1.75 bits per heavy atom. The number of benzene rings is 1. The minimum atomic E-state index is 0.290. The fraction of sp³-hybridized carbons (Fsp3) is 0.571. The first-order chi connectivity index (χ1) is 7.65. The molecule has 16 heavy (non-hydrogen) atoms. The van der Waals surface area contributed by atoms with Crippen LogP contribution in [-0.4, -0.2) is 11.2 Å². The Labute approximate surface area is 97.3 Å². The molecule has 2 nitrogen and oxygen atoms in total. The van der Waals surface area contributed by atoms with E-state index < -0.39 is 0 Å². The van der Waals surface area contributed by atoms with E-state index >= 15 is 0 Å². The highest BCUT2D eigenvalue weighted by Crippen LogP contribution is 2.32. The Morgan fingerprint density at radius 3 is 2.38 bits per heavy atom. The number of phenolic OH excluding ortho intramolecular Hbond substituents is 1. The molecule has 1 fully saturated rings. The molecule has 0 aliphatic heterocycles. The third kappa shape index (κ3) is 2.69. The summed E-state index contributed by atoms with van der Waals surface area (Å²) in [5.41, 5.74) is 0. The van der Waals surface area contributed by atoms with Gasteiger partial charge in [0.2, 0.25) is 0 Å². The van der Waals surface area contributed by atoms with E-state index in [0.717, 1.165) is 30.4 Å². The van der Waals surface area contributed by atoms with Crippen molar-refractivity contribution in [3.05, 3.63) is 24.3 Å². The average Bonchev–Trinajstić information content (AvgIpc) is 2.27. The number of hydrogen-bond acceptors (Lipinski definition) is 2. The summed E-state index contributed by atoms with van der Waals surface area (Å²) < 4.78 is 5.92. The van der Waals surface area contributed by atoms with Crippen LogP contribution in [0.1, 0.15) is 33.1 Å². The van der Waals surface area contributed by atoms with E-state index in [1.165, 1.54) is 6.42 Å². The van der Waals surface area contributed by atoms with Crippen LogP contribution in [0.5, 0.6) is 11.5 Å². The van der Waals surface area contributed by atoms with Crippen molar-refractivity contribution < 1.29 is 9.84 Å². The quantitative estimate of drug-likeness (QED) is 0.825. The van der Waals surface area contributed by atoms with Crippen molar-refractivity contribution in [1.82, 2.24) is 0 Å². The third-order valence-electron chi connectivity index (χ3n) is 3.69. The van der Waals surface area contributed by atoms with Gasteiger partial charge in [0, 0.05) is 0 Å². The number of rotatable bonds is 2. The van der Waals surface area contributed by atoms with Crippen molar-refractivity contribution in [1.29, 1.82) is 0 Å². The lowest BCUT2D eigenvalue weighted by atomic mass is 9.80. The molecule has 0 saturated heterocycles. The van der Waals surface area contributed by atoms with E-state index in [0.29, 0.717) is 6.10 Å². The van der Waals surface area contributed by atoms with E-state index in [9.17, 15) is 5.11 Å². The first-order valence-electron chi connectivity index (χ1n) is 6.11. The monoisotopic (exact) mass is 220 g/mol. The summed E-state index contributed by atoms with van der Waals surface area (Å²) in [5.74, 6) is 2.72. The molecule has 1 aliphatic rings. The van der Waals surface area contributed by atoms with Crippen LogP contribution in [0.15, 0.2) is 24.3 Å². The maximum Gasteiger partial charge on any atom is 0.119 e. The van der Waals surface area contributed by atoms with Gasteiger partial charge in [0.1, 0.15) is 11.5 Å². The predicted octanol–water partition coefficient (Wildman–Crippen LogP) is 3.60. The molecule has 2 rings (SSSR count). The molecule has 0 bridgehead atoms. The smallest absolute Gasteiger partial charge is 0.119 e. The van der Waals surface area contributed by atoms with E-state index in [1.807, 2.05) is 12.1 Å². The van der Waals surface area contributed by atoms with E-state index in [4.69, 9.17) is 4.74 Å². The Morgan fingerprint density at radius 1 is 1.06 bits per heavy atom. The summed E-state index contributed by atoms with van der Waals surface area (Å²) in [4.78, 5) is 0. The average molecular weight is 220 g/mol. The maximum absolute atomic E-state index is 9.18. The molecule has 0 aromatic heterocycles. The molecule has 1 aromatic rings. The van der Waals surface area contributed by atoms with Gasteiger partial charge in [-0.2, -0.15) is 0 Å². The molecule has 1 saturated carbocycles. The summed E-state index contributed by atoms with van der Waals surface area (Å²) in [5, 5.41) is 9.18. The molecule has 3 atom stereocenters. The van der Waals surface area contributed by atoms with Gasteiger partial charge >= 0.3 is 0 Å². The SMILES string of the molecule is CC1CCC(Oc2ccc(O)cc2)CC1C. The van der Waals surface area contributed by atoms with Gasteiger partial charge in [-0.15, -0.1) is 0 Å². The van der Waals surface area contributed by atoms with Crippen molar-refractivity contribution in [2.75, 3.05) is 0 Å².